The van der Waals surface area contributed by atoms with Crippen LogP contribution in [-0.4, -0.2) is 33.0 Å². The van der Waals surface area contributed by atoms with Crippen LogP contribution in [0.15, 0.2) is 65.8 Å². The van der Waals surface area contributed by atoms with Gasteiger partial charge in [-0.1, -0.05) is 54.2 Å². The number of thioether (sulfide) groups is 1. The van der Waals surface area contributed by atoms with Gasteiger partial charge in [-0.25, -0.2) is 0 Å². The normalized spacial score (nSPS) is 10.9. The fraction of sp³-hybridized carbons (Fsp3) is 0.269. The van der Waals surface area contributed by atoms with Gasteiger partial charge in [0.15, 0.2) is 22.5 Å². The first kappa shape index (κ1) is 23.6. The largest absolute Gasteiger partial charge is 0.490 e. The standard InChI is InChI=1S/C26H28N4O3S/c1-4-30-24(16-33-22-14-13-18(3)15-23(22)32-5-2)28-29-26(30)34-17-25(31)27-21-12-8-10-19-9-6-7-11-20(19)21/h6-15H,4-5,16-17H2,1-3H3,(H,27,31). The molecule has 7 nitrogen and oxygen atoms in total. The maximum absolute atomic E-state index is 12.6. The third kappa shape index (κ3) is 5.51. The molecule has 1 amide bonds. The summed E-state index contributed by atoms with van der Waals surface area (Å²) < 4.78 is 13.7. The summed E-state index contributed by atoms with van der Waals surface area (Å²) in [7, 11) is 0. The number of carbonyl (C=O) groups is 1. The molecule has 0 saturated heterocycles. The Morgan fingerprint density at radius 3 is 2.65 bits per heavy atom. The second kappa shape index (κ2) is 11.1. The van der Waals surface area contributed by atoms with Gasteiger partial charge in [0, 0.05) is 17.6 Å². The predicted octanol–water partition coefficient (Wildman–Crippen LogP) is 5.47. The minimum atomic E-state index is -0.0918. The van der Waals surface area contributed by atoms with Crippen molar-refractivity contribution in [3.63, 3.8) is 0 Å². The summed E-state index contributed by atoms with van der Waals surface area (Å²) >= 11 is 1.36. The summed E-state index contributed by atoms with van der Waals surface area (Å²) in [5, 5.41) is 14.4. The van der Waals surface area contributed by atoms with E-state index in [2.05, 4.69) is 15.5 Å². The smallest absolute Gasteiger partial charge is 0.234 e. The van der Waals surface area contributed by atoms with E-state index in [1.165, 1.54) is 11.8 Å². The topological polar surface area (TPSA) is 78.3 Å². The molecule has 0 atom stereocenters. The first-order valence-electron chi connectivity index (χ1n) is 11.3. The van der Waals surface area contributed by atoms with E-state index in [-0.39, 0.29) is 18.3 Å². The first-order chi connectivity index (χ1) is 16.6. The summed E-state index contributed by atoms with van der Waals surface area (Å²) in [6.45, 7) is 7.47. The zero-order valence-electron chi connectivity index (χ0n) is 19.6. The van der Waals surface area contributed by atoms with Crippen LogP contribution in [0.1, 0.15) is 25.2 Å². The maximum atomic E-state index is 12.6. The molecule has 0 fully saturated rings. The van der Waals surface area contributed by atoms with Gasteiger partial charge in [0.2, 0.25) is 5.91 Å². The minimum absolute atomic E-state index is 0.0918. The van der Waals surface area contributed by atoms with Crippen molar-refractivity contribution in [1.82, 2.24) is 14.8 Å². The van der Waals surface area contributed by atoms with Gasteiger partial charge in [-0.05, 0) is 49.9 Å². The van der Waals surface area contributed by atoms with Crippen molar-refractivity contribution in [2.24, 2.45) is 0 Å². The van der Waals surface area contributed by atoms with Gasteiger partial charge >= 0.3 is 0 Å². The van der Waals surface area contributed by atoms with E-state index in [1.807, 2.05) is 86.0 Å². The number of aromatic nitrogens is 3. The van der Waals surface area contributed by atoms with E-state index in [4.69, 9.17) is 9.47 Å². The highest BCUT2D eigenvalue weighted by Gasteiger charge is 2.15. The monoisotopic (exact) mass is 476 g/mol. The van der Waals surface area contributed by atoms with Crippen LogP contribution < -0.4 is 14.8 Å². The molecule has 8 heteroatoms. The molecule has 176 valence electrons. The van der Waals surface area contributed by atoms with Gasteiger partial charge in [-0.3, -0.25) is 4.79 Å². The Hall–Kier alpha value is -3.52. The average molecular weight is 477 g/mol. The summed E-state index contributed by atoms with van der Waals surface area (Å²) in [5.74, 6) is 2.22. The number of rotatable bonds is 10. The number of nitrogens with zero attached hydrogens (tertiary/aromatic N) is 3. The average Bonchev–Trinajstić information content (AvgIpc) is 3.24. The van der Waals surface area contributed by atoms with E-state index >= 15 is 0 Å². The third-order valence-corrected chi connectivity index (χ3v) is 6.23. The number of anilines is 1. The molecule has 1 heterocycles. The van der Waals surface area contributed by atoms with Crippen molar-refractivity contribution in [2.75, 3.05) is 17.7 Å². The van der Waals surface area contributed by atoms with Gasteiger partial charge in [-0.15, -0.1) is 10.2 Å². The Balaban J connectivity index is 1.39. The lowest BCUT2D eigenvalue weighted by molar-refractivity contribution is -0.113. The summed E-state index contributed by atoms with van der Waals surface area (Å²) in [5.41, 5.74) is 1.91. The predicted molar refractivity (Wildman–Crippen MR) is 136 cm³/mol. The highest BCUT2D eigenvalue weighted by Crippen LogP contribution is 2.29. The molecule has 0 aliphatic heterocycles. The fourth-order valence-electron chi connectivity index (χ4n) is 3.65. The van der Waals surface area contributed by atoms with Gasteiger partial charge in [0.25, 0.3) is 0 Å². The molecule has 0 unspecified atom stereocenters. The zero-order valence-corrected chi connectivity index (χ0v) is 20.4. The summed E-state index contributed by atoms with van der Waals surface area (Å²) in [6, 6.07) is 19.7. The molecule has 1 aromatic heterocycles. The molecule has 3 aromatic carbocycles. The van der Waals surface area contributed by atoms with Crippen molar-refractivity contribution < 1.29 is 14.3 Å². The molecule has 1 N–H and O–H groups in total. The van der Waals surface area contributed by atoms with Crippen LogP contribution in [0.2, 0.25) is 0 Å². The number of amides is 1. The second-order valence-corrected chi connectivity index (χ2v) is 8.62. The number of aryl methyl sites for hydroxylation is 1. The number of hydrogen-bond donors (Lipinski definition) is 1. The molecule has 0 saturated carbocycles. The van der Waals surface area contributed by atoms with Crippen LogP contribution in [0.4, 0.5) is 5.69 Å². The van der Waals surface area contributed by atoms with Crippen LogP contribution >= 0.6 is 11.8 Å². The van der Waals surface area contributed by atoms with E-state index in [0.29, 0.717) is 35.6 Å². The number of carbonyl (C=O) groups excluding carboxylic acids is 1. The van der Waals surface area contributed by atoms with E-state index < -0.39 is 0 Å². The SMILES string of the molecule is CCOc1cc(C)ccc1OCc1nnc(SCC(=O)Nc2cccc3ccccc23)n1CC. The summed E-state index contributed by atoms with van der Waals surface area (Å²) in [6.07, 6.45) is 0. The number of fused-ring (bicyclic) bond motifs is 1. The van der Waals surface area contributed by atoms with Crippen LogP contribution in [0.3, 0.4) is 0 Å². The van der Waals surface area contributed by atoms with Crippen molar-refractivity contribution in [3.8, 4) is 11.5 Å². The van der Waals surface area contributed by atoms with Crippen LogP contribution in [0.5, 0.6) is 11.5 Å². The lowest BCUT2D eigenvalue weighted by atomic mass is 10.1. The lowest BCUT2D eigenvalue weighted by Gasteiger charge is -2.13. The minimum Gasteiger partial charge on any atom is -0.490 e. The van der Waals surface area contributed by atoms with E-state index in [1.54, 1.807) is 0 Å². The van der Waals surface area contributed by atoms with Crippen LogP contribution in [0, 0.1) is 6.92 Å². The third-order valence-electron chi connectivity index (χ3n) is 5.26. The molecule has 4 rings (SSSR count). The molecular formula is C26H28N4O3S. The summed E-state index contributed by atoms with van der Waals surface area (Å²) in [4.78, 5) is 12.6. The zero-order chi connectivity index (χ0) is 23.9. The van der Waals surface area contributed by atoms with Crippen molar-refractivity contribution in [3.05, 3.63) is 72.1 Å². The number of benzene rings is 3. The fourth-order valence-corrected chi connectivity index (χ4v) is 4.47. The first-order valence-corrected chi connectivity index (χ1v) is 12.3. The number of hydrogen-bond acceptors (Lipinski definition) is 6. The van der Waals surface area contributed by atoms with Gasteiger partial charge in [0.1, 0.15) is 6.61 Å². The van der Waals surface area contributed by atoms with E-state index in [9.17, 15) is 4.79 Å². The molecule has 0 bridgehead atoms. The Morgan fingerprint density at radius 2 is 1.82 bits per heavy atom. The number of nitrogens with one attached hydrogen (secondary N) is 1. The highest BCUT2D eigenvalue weighted by atomic mass is 32.2. The Bertz CT molecular complexity index is 1280. The number of ether oxygens (including phenoxy) is 2. The molecule has 0 radical (unpaired) electrons. The Labute approximate surface area is 203 Å². The van der Waals surface area contributed by atoms with Crippen LogP contribution in [-0.2, 0) is 17.9 Å². The van der Waals surface area contributed by atoms with Gasteiger partial charge < -0.3 is 19.4 Å². The van der Waals surface area contributed by atoms with Crippen molar-refractivity contribution >= 4 is 34.1 Å². The highest BCUT2D eigenvalue weighted by molar-refractivity contribution is 7.99. The molecule has 4 aromatic rings. The van der Waals surface area contributed by atoms with Gasteiger partial charge in [-0.2, -0.15) is 0 Å². The Kier molecular flexibility index (Phi) is 7.69. The maximum Gasteiger partial charge on any atom is 0.234 e. The second-order valence-electron chi connectivity index (χ2n) is 7.68. The molecule has 0 spiro atoms. The Morgan fingerprint density at radius 1 is 1.00 bits per heavy atom. The molecule has 0 aliphatic carbocycles. The lowest BCUT2D eigenvalue weighted by Crippen LogP contribution is -2.15. The quantitative estimate of drug-likeness (QED) is 0.306. The van der Waals surface area contributed by atoms with Crippen molar-refractivity contribution in [1.29, 1.82) is 0 Å². The van der Waals surface area contributed by atoms with Gasteiger partial charge in [0.05, 0.1) is 12.4 Å². The molecule has 0 aliphatic rings. The van der Waals surface area contributed by atoms with E-state index in [0.717, 1.165) is 22.0 Å². The molecule has 34 heavy (non-hydrogen) atoms. The van der Waals surface area contributed by atoms with Crippen molar-refractivity contribution in [2.45, 2.75) is 39.1 Å². The van der Waals surface area contributed by atoms with Crippen LogP contribution in [0.25, 0.3) is 10.8 Å². The molecular weight excluding hydrogens is 448 g/mol.